The van der Waals surface area contributed by atoms with E-state index in [4.69, 9.17) is 0 Å². The number of piperazine rings is 1. The van der Waals surface area contributed by atoms with Gasteiger partial charge in [0.2, 0.25) is 15.9 Å². The lowest BCUT2D eigenvalue weighted by atomic mass is 9.97. The average Bonchev–Trinajstić information content (AvgIpc) is 2.83. The minimum absolute atomic E-state index is 0.0903. The maximum atomic E-state index is 13.2. The van der Waals surface area contributed by atoms with Crippen molar-refractivity contribution in [3.05, 3.63) is 59.7 Å². The average molecular weight is 496 g/mol. The van der Waals surface area contributed by atoms with Crippen molar-refractivity contribution in [1.29, 1.82) is 0 Å². The highest BCUT2D eigenvalue weighted by Crippen LogP contribution is 2.32. The number of carbonyl (C=O) groups excluding carboxylic acids is 1. The first-order valence-corrected chi connectivity index (χ1v) is 12.8. The lowest BCUT2D eigenvalue weighted by Gasteiger charge is -2.39. The highest BCUT2D eigenvalue weighted by molar-refractivity contribution is 7.89. The van der Waals surface area contributed by atoms with E-state index in [0.29, 0.717) is 51.3 Å². The molecule has 2 saturated heterocycles. The van der Waals surface area contributed by atoms with Crippen LogP contribution in [0.15, 0.2) is 53.4 Å². The lowest BCUT2D eigenvalue weighted by Crippen LogP contribution is -2.53. The predicted octanol–water partition coefficient (Wildman–Crippen LogP) is 3.76. The summed E-state index contributed by atoms with van der Waals surface area (Å²) in [4.78, 5) is 16.9. The van der Waals surface area contributed by atoms with Gasteiger partial charge in [-0.2, -0.15) is 17.5 Å². The Morgan fingerprint density at radius 1 is 0.971 bits per heavy atom. The van der Waals surface area contributed by atoms with E-state index in [1.54, 1.807) is 35.2 Å². The van der Waals surface area contributed by atoms with E-state index in [1.165, 1.54) is 10.4 Å². The molecule has 0 bridgehead atoms. The molecule has 0 spiro atoms. The molecule has 2 aliphatic heterocycles. The van der Waals surface area contributed by atoms with Gasteiger partial charge in [0.25, 0.3) is 0 Å². The molecule has 0 aromatic heterocycles. The Morgan fingerprint density at radius 3 is 2.29 bits per heavy atom. The SMILES string of the molecule is Cc1ccc(S(=O)(=O)N2CCC[C@H](C(=O)N3CCN(c4cccc(C(F)(F)F)c4)CC3)C2)cc1. The number of halogens is 3. The van der Waals surface area contributed by atoms with Crippen LogP contribution in [0.4, 0.5) is 18.9 Å². The van der Waals surface area contributed by atoms with E-state index in [2.05, 4.69) is 0 Å². The third-order valence-electron chi connectivity index (χ3n) is 6.52. The van der Waals surface area contributed by atoms with Crippen LogP contribution >= 0.6 is 0 Å². The van der Waals surface area contributed by atoms with Gasteiger partial charge in [-0.05, 0) is 50.1 Å². The Kier molecular flexibility index (Phi) is 6.91. The van der Waals surface area contributed by atoms with E-state index in [-0.39, 0.29) is 17.3 Å². The van der Waals surface area contributed by atoms with Crippen LogP contribution in [0.2, 0.25) is 0 Å². The summed E-state index contributed by atoms with van der Waals surface area (Å²) < 4.78 is 66.6. The Bertz CT molecular complexity index is 1130. The van der Waals surface area contributed by atoms with Crippen LogP contribution in [0.25, 0.3) is 0 Å². The minimum atomic E-state index is -4.40. The molecule has 34 heavy (non-hydrogen) atoms. The van der Waals surface area contributed by atoms with Crippen LogP contribution in [0.3, 0.4) is 0 Å². The van der Waals surface area contributed by atoms with Crippen molar-refractivity contribution in [1.82, 2.24) is 9.21 Å². The topological polar surface area (TPSA) is 60.9 Å². The Balaban J connectivity index is 1.38. The third-order valence-corrected chi connectivity index (χ3v) is 8.40. The quantitative estimate of drug-likeness (QED) is 0.648. The normalized spacial score (nSPS) is 20.4. The van der Waals surface area contributed by atoms with E-state index >= 15 is 0 Å². The molecule has 1 amide bonds. The Hall–Kier alpha value is -2.59. The number of amides is 1. The smallest absolute Gasteiger partial charge is 0.368 e. The van der Waals surface area contributed by atoms with E-state index in [9.17, 15) is 26.4 Å². The van der Waals surface area contributed by atoms with Gasteiger partial charge in [-0.3, -0.25) is 4.79 Å². The standard InChI is InChI=1S/C24H28F3N3O3S/c1-18-7-9-22(10-8-18)34(32,33)30-11-3-4-19(17-30)23(31)29-14-12-28(13-15-29)21-6-2-5-20(16-21)24(25,26)27/h2,5-10,16,19H,3-4,11-15,17H2,1H3/t19-/m0/s1. The largest absolute Gasteiger partial charge is 0.416 e. The van der Waals surface area contributed by atoms with Gasteiger partial charge >= 0.3 is 6.18 Å². The summed E-state index contributed by atoms with van der Waals surface area (Å²) in [6.45, 7) is 4.02. The van der Waals surface area contributed by atoms with E-state index in [1.807, 2.05) is 11.8 Å². The van der Waals surface area contributed by atoms with Crippen molar-refractivity contribution < 1.29 is 26.4 Å². The summed E-state index contributed by atoms with van der Waals surface area (Å²) in [5, 5.41) is 0. The fourth-order valence-corrected chi connectivity index (χ4v) is 6.07. The Morgan fingerprint density at radius 2 is 1.65 bits per heavy atom. The van der Waals surface area contributed by atoms with Crippen molar-refractivity contribution in [3.8, 4) is 0 Å². The summed E-state index contributed by atoms with van der Waals surface area (Å²) in [6, 6.07) is 11.9. The number of nitrogens with zero attached hydrogens (tertiary/aromatic N) is 3. The van der Waals surface area contributed by atoms with Crippen molar-refractivity contribution >= 4 is 21.6 Å². The number of hydrogen-bond donors (Lipinski definition) is 0. The van der Waals surface area contributed by atoms with Crippen LogP contribution in [0, 0.1) is 12.8 Å². The number of aryl methyl sites for hydroxylation is 1. The number of alkyl halides is 3. The molecule has 2 heterocycles. The molecule has 1 atom stereocenters. The summed E-state index contributed by atoms with van der Waals surface area (Å²) in [6.07, 6.45) is -3.18. The number of benzene rings is 2. The zero-order chi connectivity index (χ0) is 24.5. The molecule has 4 rings (SSSR count). The van der Waals surface area contributed by atoms with Crippen molar-refractivity contribution in [2.45, 2.75) is 30.8 Å². The van der Waals surface area contributed by atoms with E-state index in [0.717, 1.165) is 17.7 Å². The van der Waals surface area contributed by atoms with Crippen LogP contribution in [0.1, 0.15) is 24.0 Å². The van der Waals surface area contributed by atoms with Gasteiger partial charge in [-0.15, -0.1) is 0 Å². The summed E-state index contributed by atoms with van der Waals surface area (Å²) in [5.41, 5.74) is 0.755. The highest BCUT2D eigenvalue weighted by atomic mass is 32.2. The highest BCUT2D eigenvalue weighted by Gasteiger charge is 2.36. The first-order valence-electron chi connectivity index (χ1n) is 11.3. The van der Waals surface area contributed by atoms with Gasteiger partial charge in [0, 0.05) is 45.0 Å². The van der Waals surface area contributed by atoms with Crippen molar-refractivity contribution in [2.24, 2.45) is 5.92 Å². The number of carbonyl (C=O) groups is 1. The first kappa shape index (κ1) is 24.5. The molecule has 2 aliphatic rings. The number of rotatable bonds is 4. The second-order valence-corrected chi connectivity index (χ2v) is 10.8. The van der Waals surface area contributed by atoms with Crippen molar-refractivity contribution in [3.63, 3.8) is 0 Å². The second-order valence-electron chi connectivity index (χ2n) is 8.88. The van der Waals surface area contributed by atoms with Gasteiger partial charge in [-0.25, -0.2) is 8.42 Å². The van der Waals surface area contributed by atoms with Gasteiger partial charge in [0.1, 0.15) is 0 Å². The zero-order valence-corrected chi connectivity index (χ0v) is 19.8. The monoisotopic (exact) mass is 495 g/mol. The summed E-state index contributed by atoms with van der Waals surface area (Å²) >= 11 is 0. The molecule has 0 radical (unpaired) electrons. The number of sulfonamides is 1. The molecule has 0 unspecified atom stereocenters. The summed E-state index contributed by atoms with van der Waals surface area (Å²) in [5.74, 6) is -0.512. The fourth-order valence-electron chi connectivity index (χ4n) is 4.54. The molecular weight excluding hydrogens is 467 g/mol. The molecule has 6 nitrogen and oxygen atoms in total. The second kappa shape index (κ2) is 9.58. The van der Waals surface area contributed by atoms with Crippen LogP contribution in [-0.4, -0.2) is 62.8 Å². The van der Waals surface area contributed by atoms with Gasteiger partial charge in [0.05, 0.1) is 16.4 Å². The van der Waals surface area contributed by atoms with Crippen LogP contribution in [0.5, 0.6) is 0 Å². The molecule has 0 aliphatic carbocycles. The zero-order valence-electron chi connectivity index (χ0n) is 19.0. The molecule has 2 fully saturated rings. The van der Waals surface area contributed by atoms with Gasteiger partial charge in [0.15, 0.2) is 0 Å². The van der Waals surface area contributed by atoms with Crippen molar-refractivity contribution in [2.75, 3.05) is 44.2 Å². The molecule has 0 saturated carbocycles. The lowest BCUT2D eigenvalue weighted by molar-refractivity contribution is -0.137. The molecule has 2 aromatic rings. The molecular formula is C24H28F3N3O3S. The number of anilines is 1. The molecule has 0 N–H and O–H groups in total. The Labute approximate surface area is 198 Å². The first-order chi connectivity index (χ1) is 16.1. The van der Waals surface area contributed by atoms with Crippen LogP contribution in [-0.2, 0) is 21.0 Å². The van der Waals surface area contributed by atoms with Crippen LogP contribution < -0.4 is 4.90 Å². The summed E-state index contributed by atoms with van der Waals surface area (Å²) in [7, 11) is -3.67. The van der Waals surface area contributed by atoms with Gasteiger partial charge in [-0.1, -0.05) is 23.8 Å². The van der Waals surface area contributed by atoms with Gasteiger partial charge < -0.3 is 9.80 Å². The maximum absolute atomic E-state index is 13.2. The molecule has 2 aromatic carbocycles. The third kappa shape index (κ3) is 5.22. The number of hydrogen-bond acceptors (Lipinski definition) is 4. The minimum Gasteiger partial charge on any atom is -0.368 e. The van der Waals surface area contributed by atoms with E-state index < -0.39 is 27.7 Å². The molecule has 10 heteroatoms. The maximum Gasteiger partial charge on any atom is 0.416 e. The molecule has 184 valence electrons. The fraction of sp³-hybridized carbons (Fsp3) is 0.458. The predicted molar refractivity (Wildman–Crippen MR) is 123 cm³/mol. The number of piperidine rings is 1.